The molecule has 0 aromatic heterocycles. The second kappa shape index (κ2) is 6.62. The Morgan fingerprint density at radius 3 is 2.04 bits per heavy atom. The molecule has 0 aromatic rings. The van der Waals surface area contributed by atoms with Crippen LogP contribution in [0.2, 0.25) is 0 Å². The topological polar surface area (TPSA) is 66.5 Å². The number of nitrogens with one attached hydrogen (secondary N) is 1. The Balaban J connectivity index is 1.62. The first kappa shape index (κ1) is 16.5. The van der Waals surface area contributed by atoms with Crippen LogP contribution in [0.15, 0.2) is 0 Å². The molecule has 3 aliphatic rings. The fourth-order valence-corrected chi connectivity index (χ4v) is 4.41. The summed E-state index contributed by atoms with van der Waals surface area (Å²) in [5, 5.41) is 3.05. The fourth-order valence-electron chi connectivity index (χ4n) is 4.41. The predicted molar refractivity (Wildman–Crippen MR) is 86.3 cm³/mol. The molecule has 23 heavy (non-hydrogen) atoms. The second-order valence-corrected chi connectivity index (χ2v) is 7.69. The smallest absolute Gasteiger partial charge is 0.243 e. The summed E-state index contributed by atoms with van der Waals surface area (Å²) in [7, 11) is 0. The normalized spacial score (nSPS) is 35.8. The Morgan fingerprint density at radius 1 is 1.00 bits per heavy atom. The maximum atomic E-state index is 12.6. The maximum absolute atomic E-state index is 12.6. The summed E-state index contributed by atoms with van der Waals surface area (Å²) in [6.07, 6.45) is 7.85. The van der Waals surface area contributed by atoms with Gasteiger partial charge >= 0.3 is 0 Å². The van der Waals surface area contributed by atoms with Crippen molar-refractivity contribution < 1.29 is 14.4 Å². The van der Waals surface area contributed by atoms with Crippen LogP contribution in [0, 0.1) is 17.8 Å². The Kier molecular flexibility index (Phi) is 4.74. The van der Waals surface area contributed by atoms with Gasteiger partial charge in [-0.3, -0.25) is 19.3 Å². The molecule has 0 aromatic carbocycles. The maximum Gasteiger partial charge on any atom is 0.243 e. The molecule has 2 saturated carbocycles. The molecule has 1 N–H and O–H groups in total. The molecule has 0 bridgehead atoms. The third kappa shape index (κ3) is 3.15. The second-order valence-electron chi connectivity index (χ2n) is 7.69. The zero-order valence-corrected chi connectivity index (χ0v) is 14.2. The summed E-state index contributed by atoms with van der Waals surface area (Å²) in [4.78, 5) is 38.9. The Bertz CT molecular complexity index is 472. The molecule has 128 valence electrons. The zero-order valence-electron chi connectivity index (χ0n) is 14.2. The van der Waals surface area contributed by atoms with Crippen LogP contribution >= 0.6 is 0 Å². The first-order valence-electron chi connectivity index (χ1n) is 9.16. The first-order valence-corrected chi connectivity index (χ1v) is 9.16. The van der Waals surface area contributed by atoms with Crippen LogP contribution in [0.4, 0.5) is 0 Å². The van der Waals surface area contributed by atoms with Gasteiger partial charge in [-0.05, 0) is 51.4 Å². The number of nitrogens with zero attached hydrogens (tertiary/aromatic N) is 1. The van der Waals surface area contributed by atoms with Crippen molar-refractivity contribution in [2.75, 3.05) is 0 Å². The van der Waals surface area contributed by atoms with Gasteiger partial charge in [0.15, 0.2) is 0 Å². The molecule has 1 heterocycles. The van der Waals surface area contributed by atoms with E-state index in [0.29, 0.717) is 0 Å². The van der Waals surface area contributed by atoms with E-state index in [1.165, 1.54) is 4.90 Å². The summed E-state index contributed by atoms with van der Waals surface area (Å²) in [6, 6.07) is -0.490. The number of likely N-dealkylation sites (tertiary alicyclic amines) is 1. The molecule has 3 amide bonds. The van der Waals surface area contributed by atoms with E-state index in [2.05, 4.69) is 12.2 Å². The standard InChI is InChI=1S/C18H28N2O3/c1-11-7-9-13(10-8-11)19-16(21)12(2)20-17(22)14-5-3-4-6-15(14)18(20)23/h11-15H,3-10H2,1-2H3,(H,19,21)/t11?,12-,13?,14+,15+/m0/s1. The third-order valence-corrected chi connectivity index (χ3v) is 6.00. The van der Waals surface area contributed by atoms with Gasteiger partial charge in [0, 0.05) is 6.04 Å². The van der Waals surface area contributed by atoms with Gasteiger partial charge in [0.2, 0.25) is 17.7 Å². The van der Waals surface area contributed by atoms with E-state index in [1.807, 2.05) is 0 Å². The number of rotatable bonds is 3. The molecule has 1 aliphatic heterocycles. The van der Waals surface area contributed by atoms with Crippen molar-refractivity contribution in [3.05, 3.63) is 0 Å². The number of fused-ring (bicyclic) bond motifs is 1. The van der Waals surface area contributed by atoms with Crippen molar-refractivity contribution in [3.63, 3.8) is 0 Å². The van der Waals surface area contributed by atoms with E-state index in [9.17, 15) is 14.4 Å². The van der Waals surface area contributed by atoms with Gasteiger partial charge < -0.3 is 5.32 Å². The average molecular weight is 320 g/mol. The van der Waals surface area contributed by atoms with Gasteiger partial charge in [-0.1, -0.05) is 19.8 Å². The van der Waals surface area contributed by atoms with Gasteiger partial charge in [-0.25, -0.2) is 0 Å². The molecule has 5 nitrogen and oxygen atoms in total. The van der Waals surface area contributed by atoms with Crippen LogP contribution in [0.25, 0.3) is 0 Å². The molecule has 0 unspecified atom stereocenters. The average Bonchev–Trinajstić information content (AvgIpc) is 2.81. The minimum atomic E-state index is -0.681. The minimum absolute atomic E-state index is 0.125. The minimum Gasteiger partial charge on any atom is -0.352 e. The molecule has 0 radical (unpaired) electrons. The number of hydrogen-bond acceptors (Lipinski definition) is 3. The highest BCUT2D eigenvalue weighted by Crippen LogP contribution is 2.38. The van der Waals surface area contributed by atoms with Crippen molar-refractivity contribution >= 4 is 17.7 Å². The number of amides is 3. The summed E-state index contributed by atoms with van der Waals surface area (Å²) in [5.41, 5.74) is 0. The SMILES string of the molecule is CC1CCC(NC(=O)[C@H](C)N2C(=O)[C@@H]3CCCC[C@H]3C2=O)CC1. The molecule has 3 rings (SSSR count). The van der Waals surface area contributed by atoms with E-state index in [-0.39, 0.29) is 35.6 Å². The summed E-state index contributed by atoms with van der Waals surface area (Å²) >= 11 is 0. The van der Waals surface area contributed by atoms with Crippen LogP contribution < -0.4 is 5.32 Å². The van der Waals surface area contributed by atoms with Crippen LogP contribution in [0.1, 0.15) is 65.2 Å². The van der Waals surface area contributed by atoms with Crippen LogP contribution in [-0.4, -0.2) is 34.7 Å². The van der Waals surface area contributed by atoms with Gasteiger partial charge in [0.1, 0.15) is 6.04 Å². The van der Waals surface area contributed by atoms with Crippen molar-refractivity contribution in [1.29, 1.82) is 0 Å². The molecule has 0 spiro atoms. The Labute approximate surface area is 138 Å². The molecule has 3 fully saturated rings. The van der Waals surface area contributed by atoms with Gasteiger partial charge in [0.05, 0.1) is 11.8 Å². The summed E-state index contributed by atoms with van der Waals surface area (Å²) in [6.45, 7) is 3.93. The number of carbonyl (C=O) groups excluding carboxylic acids is 3. The third-order valence-electron chi connectivity index (χ3n) is 6.00. The Hall–Kier alpha value is -1.39. The van der Waals surface area contributed by atoms with Crippen LogP contribution in [0.5, 0.6) is 0 Å². The highest BCUT2D eigenvalue weighted by Gasteiger charge is 2.50. The highest BCUT2D eigenvalue weighted by molar-refractivity contribution is 6.08. The van der Waals surface area contributed by atoms with E-state index in [0.717, 1.165) is 57.3 Å². The van der Waals surface area contributed by atoms with E-state index in [4.69, 9.17) is 0 Å². The fraction of sp³-hybridized carbons (Fsp3) is 0.833. The van der Waals surface area contributed by atoms with Gasteiger partial charge in [0.25, 0.3) is 0 Å². The molecule has 1 saturated heterocycles. The monoisotopic (exact) mass is 320 g/mol. The quantitative estimate of drug-likeness (QED) is 0.811. The molecule has 5 heteroatoms. The lowest BCUT2D eigenvalue weighted by molar-refractivity contribution is -0.147. The van der Waals surface area contributed by atoms with Crippen molar-refractivity contribution in [1.82, 2.24) is 10.2 Å². The lowest BCUT2D eigenvalue weighted by Crippen LogP contribution is -2.51. The molecular weight excluding hydrogens is 292 g/mol. The lowest BCUT2D eigenvalue weighted by atomic mass is 9.81. The molecule has 2 aliphatic carbocycles. The van der Waals surface area contributed by atoms with Crippen molar-refractivity contribution in [2.45, 2.75) is 77.3 Å². The van der Waals surface area contributed by atoms with Gasteiger partial charge in [-0.2, -0.15) is 0 Å². The predicted octanol–water partition coefficient (Wildman–Crippen LogP) is 2.24. The van der Waals surface area contributed by atoms with E-state index >= 15 is 0 Å². The number of hydrogen-bond donors (Lipinski definition) is 1. The van der Waals surface area contributed by atoms with E-state index in [1.54, 1.807) is 6.92 Å². The Morgan fingerprint density at radius 2 is 1.52 bits per heavy atom. The summed E-state index contributed by atoms with van der Waals surface area (Å²) < 4.78 is 0. The van der Waals surface area contributed by atoms with Crippen molar-refractivity contribution in [2.24, 2.45) is 17.8 Å². The molecular formula is C18H28N2O3. The van der Waals surface area contributed by atoms with E-state index < -0.39 is 6.04 Å². The van der Waals surface area contributed by atoms with Crippen molar-refractivity contribution in [3.8, 4) is 0 Å². The van der Waals surface area contributed by atoms with Crippen LogP contribution in [-0.2, 0) is 14.4 Å². The molecule has 3 atom stereocenters. The number of carbonyl (C=O) groups is 3. The highest BCUT2D eigenvalue weighted by atomic mass is 16.2. The largest absolute Gasteiger partial charge is 0.352 e. The lowest BCUT2D eigenvalue weighted by Gasteiger charge is -2.29. The first-order chi connectivity index (χ1) is 11.0. The number of imide groups is 1. The summed E-state index contributed by atoms with van der Waals surface area (Å²) in [5.74, 6) is -0.0568. The van der Waals surface area contributed by atoms with Gasteiger partial charge in [-0.15, -0.1) is 0 Å². The zero-order chi connectivity index (χ0) is 16.6. The van der Waals surface area contributed by atoms with Crippen LogP contribution in [0.3, 0.4) is 0 Å².